The average molecular weight is 365 g/mol. The second kappa shape index (κ2) is 7.05. The summed E-state index contributed by atoms with van der Waals surface area (Å²) in [6.45, 7) is 8.00. The minimum Gasteiger partial charge on any atom is -0.494 e. The van der Waals surface area contributed by atoms with Gasteiger partial charge in [0.2, 0.25) is 10.0 Å². The van der Waals surface area contributed by atoms with E-state index in [-0.39, 0.29) is 4.90 Å². The lowest BCUT2D eigenvalue weighted by Gasteiger charge is -2.35. The third-order valence-corrected chi connectivity index (χ3v) is 6.46. The van der Waals surface area contributed by atoms with Gasteiger partial charge in [0.25, 0.3) is 0 Å². The number of aromatic nitrogens is 1. The fraction of sp³-hybridized carbons (Fsp3) is 0.471. The molecule has 0 atom stereocenters. The number of anilines is 1. The summed E-state index contributed by atoms with van der Waals surface area (Å²) in [6, 6.07) is 7.88. The van der Waals surface area contributed by atoms with Gasteiger partial charge in [0.05, 0.1) is 6.61 Å². The fourth-order valence-electron chi connectivity index (χ4n) is 3.08. The Morgan fingerprint density at radius 2 is 1.76 bits per heavy atom. The Morgan fingerprint density at radius 3 is 2.28 bits per heavy atom. The molecule has 3 rings (SSSR count). The third kappa shape index (κ3) is 3.50. The van der Waals surface area contributed by atoms with E-state index in [0.717, 1.165) is 11.4 Å². The van der Waals surface area contributed by atoms with Gasteiger partial charge in [-0.1, -0.05) is 5.16 Å². The topological polar surface area (TPSA) is 75.9 Å². The molecule has 0 bridgehead atoms. The molecule has 1 aliphatic rings. The van der Waals surface area contributed by atoms with E-state index in [1.807, 2.05) is 31.2 Å². The van der Waals surface area contributed by atoms with Gasteiger partial charge in [-0.2, -0.15) is 4.31 Å². The molecule has 0 spiro atoms. The first-order valence-corrected chi connectivity index (χ1v) is 9.78. The van der Waals surface area contributed by atoms with Crippen LogP contribution in [0.3, 0.4) is 0 Å². The first-order valence-electron chi connectivity index (χ1n) is 8.34. The summed E-state index contributed by atoms with van der Waals surface area (Å²) in [5.74, 6) is 1.18. The molecular weight excluding hydrogens is 342 g/mol. The van der Waals surface area contributed by atoms with Crippen LogP contribution in [-0.2, 0) is 10.0 Å². The van der Waals surface area contributed by atoms with Gasteiger partial charge < -0.3 is 14.2 Å². The molecule has 25 heavy (non-hydrogen) atoms. The van der Waals surface area contributed by atoms with Gasteiger partial charge in [0, 0.05) is 31.9 Å². The minimum atomic E-state index is -3.57. The van der Waals surface area contributed by atoms with Crippen LogP contribution in [0.15, 0.2) is 33.7 Å². The van der Waals surface area contributed by atoms with Crippen molar-refractivity contribution < 1.29 is 17.7 Å². The first kappa shape index (κ1) is 17.8. The van der Waals surface area contributed by atoms with Crippen LogP contribution < -0.4 is 9.64 Å². The predicted octanol–water partition coefficient (Wildman–Crippen LogP) is 2.20. The van der Waals surface area contributed by atoms with Crippen LogP contribution >= 0.6 is 0 Å². The van der Waals surface area contributed by atoms with Crippen LogP contribution in [0.25, 0.3) is 0 Å². The van der Waals surface area contributed by atoms with E-state index in [4.69, 9.17) is 9.26 Å². The lowest BCUT2D eigenvalue weighted by molar-refractivity contribution is 0.340. The molecular formula is C17H23N3O4S. The van der Waals surface area contributed by atoms with Crippen LogP contribution in [0.5, 0.6) is 5.75 Å². The van der Waals surface area contributed by atoms with E-state index < -0.39 is 10.0 Å². The molecule has 7 nitrogen and oxygen atoms in total. The zero-order valence-electron chi connectivity index (χ0n) is 14.7. The number of piperazine rings is 1. The molecule has 1 saturated heterocycles. The summed E-state index contributed by atoms with van der Waals surface area (Å²) < 4.78 is 37.7. The van der Waals surface area contributed by atoms with Crippen molar-refractivity contribution in [3.05, 3.63) is 35.7 Å². The molecule has 1 aromatic carbocycles. The van der Waals surface area contributed by atoms with E-state index in [9.17, 15) is 8.42 Å². The Labute approximate surface area is 148 Å². The summed E-state index contributed by atoms with van der Waals surface area (Å²) in [6.07, 6.45) is 0. The number of rotatable bonds is 5. The number of ether oxygens (including phenoxy) is 1. The Morgan fingerprint density at radius 1 is 1.12 bits per heavy atom. The van der Waals surface area contributed by atoms with Crippen LogP contribution in [0.4, 0.5) is 5.69 Å². The number of hydrogen-bond acceptors (Lipinski definition) is 6. The van der Waals surface area contributed by atoms with Gasteiger partial charge in [-0.05, 0) is 45.0 Å². The number of hydrogen-bond donors (Lipinski definition) is 0. The second-order valence-electron chi connectivity index (χ2n) is 5.97. The smallest absolute Gasteiger partial charge is 0.248 e. The minimum absolute atomic E-state index is 0.196. The SMILES string of the molecule is CCOc1ccc(N2CCN(S(=O)(=O)c3c(C)noc3C)CC2)cc1. The molecule has 136 valence electrons. The molecule has 8 heteroatoms. The highest BCUT2D eigenvalue weighted by atomic mass is 32.2. The monoisotopic (exact) mass is 365 g/mol. The maximum atomic E-state index is 12.8. The summed E-state index contributed by atoms with van der Waals surface area (Å²) >= 11 is 0. The Hall–Kier alpha value is -2.06. The van der Waals surface area contributed by atoms with E-state index in [2.05, 4.69) is 10.1 Å². The summed E-state index contributed by atoms with van der Waals surface area (Å²) in [4.78, 5) is 2.37. The molecule has 1 fully saturated rings. The zero-order chi connectivity index (χ0) is 18.0. The summed E-state index contributed by atoms with van der Waals surface area (Å²) in [7, 11) is -3.57. The Kier molecular flexibility index (Phi) is 5.01. The number of nitrogens with zero attached hydrogens (tertiary/aromatic N) is 3. The molecule has 0 unspecified atom stereocenters. The molecule has 0 radical (unpaired) electrons. The van der Waals surface area contributed by atoms with Crippen molar-refractivity contribution in [1.29, 1.82) is 0 Å². The van der Waals surface area contributed by atoms with Crippen molar-refractivity contribution >= 4 is 15.7 Å². The lowest BCUT2D eigenvalue weighted by Crippen LogP contribution is -2.48. The van der Waals surface area contributed by atoms with Gasteiger partial charge >= 0.3 is 0 Å². The quantitative estimate of drug-likeness (QED) is 0.809. The van der Waals surface area contributed by atoms with Crippen molar-refractivity contribution in [1.82, 2.24) is 9.46 Å². The molecule has 0 saturated carbocycles. The van der Waals surface area contributed by atoms with Crippen molar-refractivity contribution in [2.24, 2.45) is 0 Å². The summed E-state index contributed by atoms with van der Waals surface area (Å²) in [5.41, 5.74) is 1.48. The molecule has 0 aliphatic carbocycles. The van der Waals surface area contributed by atoms with Gasteiger partial charge in [-0.25, -0.2) is 8.42 Å². The largest absolute Gasteiger partial charge is 0.494 e. The lowest BCUT2D eigenvalue weighted by atomic mass is 10.2. The summed E-state index contributed by atoms with van der Waals surface area (Å²) in [5, 5.41) is 3.76. The maximum Gasteiger partial charge on any atom is 0.248 e. The van der Waals surface area contributed by atoms with E-state index in [1.165, 1.54) is 4.31 Å². The highest BCUT2D eigenvalue weighted by Gasteiger charge is 2.33. The molecule has 2 heterocycles. The Balaban J connectivity index is 1.69. The number of sulfonamides is 1. The van der Waals surface area contributed by atoms with E-state index in [0.29, 0.717) is 44.2 Å². The van der Waals surface area contributed by atoms with Crippen LogP contribution in [0.1, 0.15) is 18.4 Å². The average Bonchev–Trinajstić information content (AvgIpc) is 2.95. The normalized spacial score (nSPS) is 16.2. The van der Waals surface area contributed by atoms with Gasteiger partial charge in [0.15, 0.2) is 5.76 Å². The van der Waals surface area contributed by atoms with Crippen molar-refractivity contribution in [3.8, 4) is 5.75 Å². The van der Waals surface area contributed by atoms with Gasteiger partial charge in [-0.3, -0.25) is 0 Å². The van der Waals surface area contributed by atoms with Crippen LogP contribution in [0.2, 0.25) is 0 Å². The molecule has 2 aromatic rings. The highest BCUT2D eigenvalue weighted by molar-refractivity contribution is 7.89. The zero-order valence-corrected chi connectivity index (χ0v) is 15.5. The van der Waals surface area contributed by atoms with E-state index >= 15 is 0 Å². The fourth-order valence-corrected chi connectivity index (χ4v) is 4.79. The van der Waals surface area contributed by atoms with E-state index in [1.54, 1.807) is 13.8 Å². The van der Waals surface area contributed by atoms with Gasteiger partial charge in [-0.15, -0.1) is 0 Å². The first-order chi connectivity index (χ1) is 11.9. The number of benzene rings is 1. The Bertz CT molecular complexity index is 803. The maximum absolute atomic E-state index is 12.8. The molecule has 1 aromatic heterocycles. The van der Waals surface area contributed by atoms with Crippen molar-refractivity contribution in [2.45, 2.75) is 25.7 Å². The van der Waals surface area contributed by atoms with Crippen LogP contribution in [-0.4, -0.2) is 50.7 Å². The molecule has 1 aliphatic heterocycles. The molecule has 0 N–H and O–H groups in total. The van der Waals surface area contributed by atoms with Crippen molar-refractivity contribution in [3.63, 3.8) is 0 Å². The predicted molar refractivity (Wildman–Crippen MR) is 94.6 cm³/mol. The molecule has 0 amide bonds. The highest BCUT2D eigenvalue weighted by Crippen LogP contribution is 2.26. The van der Waals surface area contributed by atoms with Crippen LogP contribution in [0, 0.1) is 13.8 Å². The standard InChI is InChI=1S/C17H23N3O4S/c1-4-23-16-7-5-15(6-8-16)19-9-11-20(12-10-19)25(21,22)17-13(2)18-24-14(17)3/h5-8H,4,9-12H2,1-3H3. The van der Waals surface area contributed by atoms with Gasteiger partial charge in [0.1, 0.15) is 16.3 Å². The van der Waals surface area contributed by atoms with Crippen molar-refractivity contribution in [2.75, 3.05) is 37.7 Å². The second-order valence-corrected chi connectivity index (χ2v) is 7.85. The third-order valence-electron chi connectivity index (χ3n) is 4.32. The number of aryl methyl sites for hydroxylation is 2.